The van der Waals surface area contributed by atoms with Crippen LogP contribution >= 0.6 is 31.9 Å². The molecule has 2 atom stereocenters. The molecule has 0 aliphatic carbocycles. The van der Waals surface area contributed by atoms with Gasteiger partial charge in [-0.05, 0) is 30.0 Å². The molecule has 88 valence electrons. The molecule has 2 rings (SSSR count). The smallest absolute Gasteiger partial charge is 0.150 e. The van der Waals surface area contributed by atoms with Crippen molar-refractivity contribution in [1.82, 2.24) is 0 Å². The van der Waals surface area contributed by atoms with Crippen molar-refractivity contribution in [3.8, 4) is 0 Å². The Labute approximate surface area is 113 Å². The highest BCUT2D eigenvalue weighted by molar-refractivity contribution is 9.10. The largest absolute Gasteiger partial charge is 0.229 e. The van der Waals surface area contributed by atoms with Crippen molar-refractivity contribution in [1.29, 1.82) is 0 Å². The van der Waals surface area contributed by atoms with E-state index in [9.17, 15) is 8.42 Å². The van der Waals surface area contributed by atoms with Crippen LogP contribution in [0, 0.1) is 5.92 Å². The molecule has 1 aliphatic rings. The van der Waals surface area contributed by atoms with Gasteiger partial charge in [0.2, 0.25) is 0 Å². The molecule has 0 bridgehead atoms. The second-order valence-corrected chi connectivity index (χ2v) is 8.25. The monoisotopic (exact) mass is 366 g/mol. The van der Waals surface area contributed by atoms with E-state index in [-0.39, 0.29) is 10.7 Å². The second-order valence-electron chi connectivity index (χ2n) is 4.12. The second kappa shape index (κ2) is 4.78. The summed E-state index contributed by atoms with van der Waals surface area (Å²) in [6.45, 7) is 0. The maximum Gasteiger partial charge on any atom is 0.150 e. The molecular formula is C11H12Br2O2S. The zero-order valence-corrected chi connectivity index (χ0v) is 12.6. The molecule has 0 radical (unpaired) electrons. The Hall–Kier alpha value is 0.130. The van der Waals surface area contributed by atoms with E-state index >= 15 is 0 Å². The summed E-state index contributed by atoms with van der Waals surface area (Å²) in [4.78, 5) is 0.137. The molecule has 0 N–H and O–H groups in total. The van der Waals surface area contributed by atoms with E-state index in [0.29, 0.717) is 11.5 Å². The van der Waals surface area contributed by atoms with Gasteiger partial charge in [-0.2, -0.15) is 0 Å². The number of rotatable bonds is 2. The Morgan fingerprint density at radius 1 is 1.25 bits per heavy atom. The number of sulfone groups is 1. The highest BCUT2D eigenvalue weighted by Crippen LogP contribution is 2.37. The van der Waals surface area contributed by atoms with Gasteiger partial charge in [-0.3, -0.25) is 0 Å². The first kappa shape index (κ1) is 12.6. The molecule has 1 saturated heterocycles. The summed E-state index contributed by atoms with van der Waals surface area (Å²) in [6, 6.07) is 8.00. The highest BCUT2D eigenvalue weighted by atomic mass is 79.9. The van der Waals surface area contributed by atoms with Gasteiger partial charge in [0.1, 0.15) is 0 Å². The quantitative estimate of drug-likeness (QED) is 0.751. The number of benzene rings is 1. The predicted molar refractivity (Wildman–Crippen MR) is 72.6 cm³/mol. The highest BCUT2D eigenvalue weighted by Gasteiger charge is 2.33. The first-order chi connectivity index (χ1) is 7.48. The van der Waals surface area contributed by atoms with Gasteiger partial charge in [-0.1, -0.05) is 44.0 Å². The van der Waals surface area contributed by atoms with E-state index < -0.39 is 9.84 Å². The van der Waals surface area contributed by atoms with Crippen LogP contribution in [0.15, 0.2) is 28.7 Å². The van der Waals surface area contributed by atoms with Crippen molar-refractivity contribution in [3.63, 3.8) is 0 Å². The van der Waals surface area contributed by atoms with Crippen molar-refractivity contribution in [2.24, 2.45) is 5.92 Å². The minimum Gasteiger partial charge on any atom is -0.229 e. The Balaban J connectivity index is 2.14. The fourth-order valence-corrected chi connectivity index (χ4v) is 5.08. The van der Waals surface area contributed by atoms with E-state index in [1.165, 1.54) is 0 Å². The van der Waals surface area contributed by atoms with Gasteiger partial charge in [-0.15, -0.1) is 0 Å². The van der Waals surface area contributed by atoms with Crippen LogP contribution in [0.4, 0.5) is 0 Å². The Morgan fingerprint density at radius 2 is 1.88 bits per heavy atom. The lowest BCUT2D eigenvalue weighted by Gasteiger charge is -2.16. The molecule has 2 unspecified atom stereocenters. The van der Waals surface area contributed by atoms with Crippen molar-refractivity contribution >= 4 is 41.7 Å². The van der Waals surface area contributed by atoms with E-state index in [1.807, 2.05) is 24.3 Å². The van der Waals surface area contributed by atoms with Crippen molar-refractivity contribution in [2.75, 3.05) is 11.5 Å². The lowest BCUT2D eigenvalue weighted by molar-refractivity contribution is 0.580. The zero-order valence-electron chi connectivity index (χ0n) is 8.57. The molecule has 1 heterocycles. The number of halogens is 2. The third-order valence-electron chi connectivity index (χ3n) is 2.87. The number of alkyl halides is 1. The first-order valence-electron chi connectivity index (χ1n) is 5.08. The summed E-state index contributed by atoms with van der Waals surface area (Å²) in [5.74, 6) is 0.834. The van der Waals surface area contributed by atoms with Crippen LogP contribution < -0.4 is 0 Å². The fourth-order valence-electron chi connectivity index (χ4n) is 1.97. The Bertz CT molecular complexity index is 467. The lowest BCUT2D eigenvalue weighted by Crippen LogP contribution is -2.09. The maximum absolute atomic E-state index is 11.4. The third kappa shape index (κ3) is 2.87. The number of hydrogen-bond acceptors (Lipinski definition) is 2. The molecule has 2 nitrogen and oxygen atoms in total. The molecule has 1 aromatic carbocycles. The van der Waals surface area contributed by atoms with Crippen molar-refractivity contribution < 1.29 is 8.42 Å². The average molecular weight is 368 g/mol. The summed E-state index contributed by atoms with van der Waals surface area (Å²) in [5, 5.41) is 0. The van der Waals surface area contributed by atoms with Crippen LogP contribution in [0.1, 0.15) is 16.8 Å². The van der Waals surface area contributed by atoms with E-state index in [4.69, 9.17) is 0 Å². The normalized spacial score (nSPS) is 25.5. The number of hydrogen-bond donors (Lipinski definition) is 0. The van der Waals surface area contributed by atoms with Crippen LogP contribution in [-0.4, -0.2) is 19.9 Å². The predicted octanol–water partition coefficient (Wildman–Crippen LogP) is 3.32. The van der Waals surface area contributed by atoms with Gasteiger partial charge < -0.3 is 0 Å². The first-order valence-corrected chi connectivity index (χ1v) is 8.61. The molecule has 0 amide bonds. The van der Waals surface area contributed by atoms with Crippen LogP contribution in [0.5, 0.6) is 0 Å². The lowest BCUT2D eigenvalue weighted by atomic mass is 9.99. The molecule has 5 heteroatoms. The SMILES string of the molecule is O=S1(=O)CCC(C(Br)c2ccc(Br)cc2)C1. The molecule has 1 aliphatic heterocycles. The Morgan fingerprint density at radius 3 is 2.38 bits per heavy atom. The van der Waals surface area contributed by atoms with Gasteiger partial charge >= 0.3 is 0 Å². The molecule has 16 heavy (non-hydrogen) atoms. The van der Waals surface area contributed by atoms with Gasteiger partial charge in [0.05, 0.1) is 11.5 Å². The topological polar surface area (TPSA) is 34.1 Å². The third-order valence-corrected chi connectivity index (χ3v) is 6.47. The molecule has 1 fully saturated rings. The fraction of sp³-hybridized carbons (Fsp3) is 0.455. The molecular weight excluding hydrogens is 356 g/mol. The summed E-state index contributed by atoms with van der Waals surface area (Å²) in [7, 11) is -2.80. The van der Waals surface area contributed by atoms with Gasteiger partial charge in [0.25, 0.3) is 0 Å². The minimum absolute atomic E-state index is 0.137. The van der Waals surface area contributed by atoms with Crippen molar-refractivity contribution in [2.45, 2.75) is 11.2 Å². The average Bonchev–Trinajstić information content (AvgIpc) is 2.59. The molecule has 0 aromatic heterocycles. The van der Waals surface area contributed by atoms with Crippen LogP contribution in [-0.2, 0) is 9.84 Å². The minimum atomic E-state index is -2.80. The molecule has 1 aromatic rings. The van der Waals surface area contributed by atoms with E-state index in [2.05, 4.69) is 31.9 Å². The van der Waals surface area contributed by atoms with Crippen molar-refractivity contribution in [3.05, 3.63) is 34.3 Å². The van der Waals surface area contributed by atoms with Gasteiger partial charge in [0.15, 0.2) is 9.84 Å². The van der Waals surface area contributed by atoms with E-state index in [1.54, 1.807) is 0 Å². The molecule has 0 saturated carbocycles. The van der Waals surface area contributed by atoms with Gasteiger partial charge in [0, 0.05) is 9.30 Å². The summed E-state index contributed by atoms with van der Waals surface area (Å²) in [5.41, 5.74) is 1.14. The summed E-state index contributed by atoms with van der Waals surface area (Å²) < 4.78 is 23.8. The zero-order chi connectivity index (χ0) is 11.8. The summed E-state index contributed by atoms with van der Waals surface area (Å²) in [6.07, 6.45) is 0.758. The van der Waals surface area contributed by atoms with Crippen LogP contribution in [0.2, 0.25) is 0 Å². The standard InChI is InChI=1S/C11H12Br2O2S/c12-10-3-1-8(2-4-10)11(13)9-5-6-16(14,15)7-9/h1-4,9,11H,5-7H2. The van der Waals surface area contributed by atoms with Gasteiger partial charge in [-0.25, -0.2) is 8.42 Å². The van der Waals surface area contributed by atoms with Crippen LogP contribution in [0.3, 0.4) is 0 Å². The maximum atomic E-state index is 11.4. The van der Waals surface area contributed by atoms with E-state index in [0.717, 1.165) is 16.5 Å². The molecule has 0 spiro atoms. The summed E-state index contributed by atoms with van der Waals surface area (Å²) >= 11 is 6.99. The Kier molecular flexibility index (Phi) is 3.76. The van der Waals surface area contributed by atoms with Crippen LogP contribution in [0.25, 0.3) is 0 Å².